The second-order valence-corrected chi connectivity index (χ2v) is 6.06. The van der Waals surface area contributed by atoms with Crippen LogP contribution in [-0.4, -0.2) is 43.4 Å². The monoisotopic (exact) mass is 306 g/mol. The predicted molar refractivity (Wildman–Crippen MR) is 85.6 cm³/mol. The molecule has 2 rings (SSSR count). The third-order valence-corrected chi connectivity index (χ3v) is 4.10. The van der Waals surface area contributed by atoms with E-state index in [1.165, 1.54) is 11.1 Å². The number of carbonyl (C=O) groups is 1. The summed E-state index contributed by atoms with van der Waals surface area (Å²) in [6.07, 6.45) is 2.71. The van der Waals surface area contributed by atoms with Crippen molar-refractivity contribution < 1.29 is 14.6 Å². The molecule has 0 radical (unpaired) electrons. The number of methoxy groups -OCH3 is 1. The molecule has 0 fully saturated rings. The van der Waals surface area contributed by atoms with Gasteiger partial charge in [0, 0.05) is 20.3 Å². The minimum Gasteiger partial charge on any atom is -0.385 e. The summed E-state index contributed by atoms with van der Waals surface area (Å²) in [6.45, 7) is 3.16. The molecule has 5 heteroatoms. The van der Waals surface area contributed by atoms with Crippen molar-refractivity contribution in [3.63, 3.8) is 0 Å². The molecule has 0 heterocycles. The van der Waals surface area contributed by atoms with Gasteiger partial charge in [0.25, 0.3) is 5.91 Å². The molecule has 5 nitrogen and oxygen atoms in total. The summed E-state index contributed by atoms with van der Waals surface area (Å²) in [5.74, 6) is -0.326. The molecule has 1 aromatic rings. The van der Waals surface area contributed by atoms with Crippen LogP contribution < -0.4 is 10.6 Å². The molecular weight excluding hydrogens is 280 g/mol. The first-order chi connectivity index (χ1) is 10.5. The van der Waals surface area contributed by atoms with Crippen LogP contribution in [0, 0.1) is 0 Å². The van der Waals surface area contributed by atoms with Gasteiger partial charge in [-0.1, -0.05) is 24.3 Å². The van der Waals surface area contributed by atoms with E-state index in [0.29, 0.717) is 13.2 Å². The van der Waals surface area contributed by atoms with E-state index in [4.69, 9.17) is 4.74 Å². The van der Waals surface area contributed by atoms with Crippen molar-refractivity contribution in [1.82, 2.24) is 10.6 Å². The fourth-order valence-corrected chi connectivity index (χ4v) is 2.77. The van der Waals surface area contributed by atoms with E-state index in [-0.39, 0.29) is 18.5 Å². The molecular formula is C17H26N2O3. The number of hydrogen-bond acceptors (Lipinski definition) is 4. The maximum absolute atomic E-state index is 12.3. The number of aliphatic hydroxyl groups is 1. The smallest absolute Gasteiger partial charge is 0.253 e. The molecule has 0 saturated carbocycles. The zero-order chi connectivity index (χ0) is 16.0. The fourth-order valence-electron chi connectivity index (χ4n) is 2.77. The summed E-state index contributed by atoms with van der Waals surface area (Å²) >= 11 is 0. The van der Waals surface area contributed by atoms with Crippen LogP contribution in [0.1, 0.15) is 36.9 Å². The lowest BCUT2D eigenvalue weighted by Crippen LogP contribution is -2.51. The summed E-state index contributed by atoms with van der Waals surface area (Å²) in [5.41, 5.74) is 1.04. The van der Waals surface area contributed by atoms with Crippen molar-refractivity contribution in [3.8, 4) is 0 Å². The van der Waals surface area contributed by atoms with Crippen molar-refractivity contribution in [2.75, 3.05) is 26.8 Å². The number of benzene rings is 1. The quantitative estimate of drug-likeness (QED) is 0.631. The normalized spacial score (nSPS) is 19.5. The highest BCUT2D eigenvalue weighted by Crippen LogP contribution is 2.30. The minimum atomic E-state index is -1.41. The van der Waals surface area contributed by atoms with E-state index in [9.17, 15) is 9.90 Å². The summed E-state index contributed by atoms with van der Waals surface area (Å²) in [4.78, 5) is 12.3. The van der Waals surface area contributed by atoms with Crippen molar-refractivity contribution >= 4 is 5.91 Å². The molecule has 0 spiro atoms. The molecule has 1 aromatic carbocycles. The largest absolute Gasteiger partial charge is 0.385 e. The standard InChI is InChI=1S/C17H26N2O3/c1-17(21,12-18-10-5-11-22-2)16(20)19-15-9-8-13-6-3-4-7-14(13)15/h3-4,6-7,15,18,21H,5,8-12H2,1-2H3,(H,19,20). The van der Waals surface area contributed by atoms with Gasteiger partial charge >= 0.3 is 0 Å². The number of amides is 1. The Morgan fingerprint density at radius 1 is 1.45 bits per heavy atom. The third-order valence-electron chi connectivity index (χ3n) is 4.10. The van der Waals surface area contributed by atoms with E-state index < -0.39 is 5.60 Å². The SMILES string of the molecule is COCCCNCC(C)(O)C(=O)NC1CCc2ccccc21. The second kappa shape index (κ2) is 7.72. The summed E-state index contributed by atoms with van der Waals surface area (Å²) in [6, 6.07) is 8.15. The van der Waals surface area contributed by atoms with Crippen molar-refractivity contribution in [2.24, 2.45) is 0 Å². The second-order valence-electron chi connectivity index (χ2n) is 6.06. The molecule has 1 amide bonds. The number of hydrogen-bond donors (Lipinski definition) is 3. The average Bonchev–Trinajstić information content (AvgIpc) is 2.90. The van der Waals surface area contributed by atoms with Crippen LogP contribution >= 0.6 is 0 Å². The lowest BCUT2D eigenvalue weighted by Gasteiger charge is -2.25. The van der Waals surface area contributed by atoms with Crippen LogP contribution in [0.4, 0.5) is 0 Å². The molecule has 3 N–H and O–H groups in total. The first-order valence-electron chi connectivity index (χ1n) is 7.85. The van der Waals surface area contributed by atoms with Gasteiger partial charge in [-0.3, -0.25) is 4.79 Å². The zero-order valence-corrected chi connectivity index (χ0v) is 13.4. The van der Waals surface area contributed by atoms with Gasteiger partial charge < -0.3 is 20.5 Å². The molecule has 2 unspecified atom stereocenters. The Morgan fingerprint density at radius 3 is 3.00 bits per heavy atom. The van der Waals surface area contributed by atoms with E-state index >= 15 is 0 Å². The van der Waals surface area contributed by atoms with E-state index in [1.807, 2.05) is 18.2 Å². The maximum Gasteiger partial charge on any atom is 0.253 e. The number of fused-ring (bicyclic) bond motifs is 1. The molecule has 1 aliphatic rings. The molecule has 22 heavy (non-hydrogen) atoms. The molecule has 0 saturated heterocycles. The van der Waals surface area contributed by atoms with Crippen molar-refractivity contribution in [1.29, 1.82) is 0 Å². The lowest BCUT2D eigenvalue weighted by molar-refractivity contribution is -0.138. The number of nitrogens with one attached hydrogen (secondary N) is 2. The van der Waals surface area contributed by atoms with Gasteiger partial charge in [0.2, 0.25) is 0 Å². The van der Waals surface area contributed by atoms with Crippen molar-refractivity contribution in [2.45, 2.75) is 37.8 Å². The molecule has 2 atom stereocenters. The number of ether oxygens (including phenoxy) is 1. The molecule has 1 aliphatic carbocycles. The van der Waals surface area contributed by atoms with Gasteiger partial charge in [-0.05, 0) is 43.9 Å². The highest BCUT2D eigenvalue weighted by molar-refractivity contribution is 5.85. The van der Waals surface area contributed by atoms with E-state index in [0.717, 1.165) is 19.3 Å². The molecule has 0 aromatic heterocycles. The van der Waals surface area contributed by atoms with Crippen LogP contribution in [0.15, 0.2) is 24.3 Å². The average molecular weight is 306 g/mol. The fraction of sp³-hybridized carbons (Fsp3) is 0.588. The Balaban J connectivity index is 1.83. The minimum absolute atomic E-state index is 0.00339. The highest BCUT2D eigenvalue weighted by Gasteiger charge is 2.33. The van der Waals surface area contributed by atoms with Crippen LogP contribution in [0.2, 0.25) is 0 Å². The van der Waals surface area contributed by atoms with Gasteiger partial charge in [0.15, 0.2) is 5.60 Å². The summed E-state index contributed by atoms with van der Waals surface area (Å²) < 4.78 is 4.96. The first-order valence-corrected chi connectivity index (χ1v) is 7.85. The zero-order valence-electron chi connectivity index (χ0n) is 13.4. The highest BCUT2D eigenvalue weighted by atomic mass is 16.5. The van der Waals surface area contributed by atoms with E-state index in [2.05, 4.69) is 16.7 Å². The summed E-state index contributed by atoms with van der Waals surface area (Å²) in [7, 11) is 1.66. The Morgan fingerprint density at radius 2 is 2.23 bits per heavy atom. The van der Waals surface area contributed by atoms with Crippen LogP contribution in [0.3, 0.4) is 0 Å². The Labute approximate surface area is 132 Å². The first kappa shape index (κ1) is 16.9. The van der Waals surface area contributed by atoms with Gasteiger partial charge in [0.05, 0.1) is 6.04 Å². The Bertz CT molecular complexity index is 502. The topological polar surface area (TPSA) is 70.6 Å². The van der Waals surface area contributed by atoms with Gasteiger partial charge in [0.1, 0.15) is 0 Å². The third kappa shape index (κ3) is 4.29. The lowest BCUT2D eigenvalue weighted by atomic mass is 10.0. The summed E-state index contributed by atoms with van der Waals surface area (Å²) in [5, 5.41) is 16.4. The predicted octanol–water partition coefficient (Wildman–Crippen LogP) is 1.17. The Hall–Kier alpha value is -1.43. The molecule has 122 valence electrons. The molecule has 0 bridgehead atoms. The van der Waals surface area contributed by atoms with Crippen molar-refractivity contribution in [3.05, 3.63) is 35.4 Å². The van der Waals surface area contributed by atoms with E-state index in [1.54, 1.807) is 14.0 Å². The maximum atomic E-state index is 12.3. The number of rotatable bonds is 8. The number of carbonyl (C=O) groups excluding carboxylic acids is 1. The number of aryl methyl sites for hydroxylation is 1. The van der Waals surface area contributed by atoms with Gasteiger partial charge in [-0.15, -0.1) is 0 Å². The van der Waals surface area contributed by atoms with Gasteiger partial charge in [-0.2, -0.15) is 0 Å². The van der Waals surface area contributed by atoms with Crippen LogP contribution in [-0.2, 0) is 16.0 Å². The van der Waals surface area contributed by atoms with Crippen LogP contribution in [0.25, 0.3) is 0 Å². The molecule has 0 aliphatic heterocycles. The Kier molecular flexibility index (Phi) is 5.94. The van der Waals surface area contributed by atoms with Gasteiger partial charge in [-0.25, -0.2) is 0 Å². The van der Waals surface area contributed by atoms with Crippen LogP contribution in [0.5, 0.6) is 0 Å².